The normalized spacial score (nSPS) is 22.3. The molecule has 172 valence electrons. The second kappa shape index (κ2) is 9.75. The monoisotopic (exact) mass is 455 g/mol. The predicted octanol–water partition coefficient (Wildman–Crippen LogP) is 3.61. The third kappa shape index (κ3) is 4.91. The zero-order chi connectivity index (χ0) is 21.9. The SMILES string of the molecule is CCOc1cc(NC2CCCC2)c2[nH]c(C3=NC(CCN4CCNC(=O)C4)CS3)cc2c1. The van der Waals surface area contributed by atoms with E-state index in [2.05, 4.69) is 38.7 Å². The smallest absolute Gasteiger partial charge is 0.234 e. The van der Waals surface area contributed by atoms with Crippen molar-refractivity contribution in [2.45, 2.75) is 51.1 Å². The molecule has 3 aliphatic rings. The number of H-pyrrole nitrogens is 1. The molecule has 3 N–H and O–H groups in total. The fourth-order valence-electron chi connectivity index (χ4n) is 4.91. The van der Waals surface area contributed by atoms with E-state index in [1.807, 2.05) is 18.7 Å². The van der Waals surface area contributed by atoms with Crippen molar-refractivity contribution in [1.82, 2.24) is 15.2 Å². The molecule has 0 spiro atoms. The lowest BCUT2D eigenvalue weighted by atomic mass is 10.1. The quantitative estimate of drug-likeness (QED) is 0.567. The summed E-state index contributed by atoms with van der Waals surface area (Å²) in [5.74, 6) is 2.05. The van der Waals surface area contributed by atoms with E-state index < -0.39 is 0 Å². The first-order valence-corrected chi connectivity index (χ1v) is 12.9. The molecule has 1 unspecified atom stereocenters. The average molecular weight is 456 g/mol. The van der Waals surface area contributed by atoms with Crippen LogP contribution in [-0.2, 0) is 4.79 Å². The molecule has 1 aromatic heterocycles. The number of carbonyl (C=O) groups excluding carboxylic acids is 1. The number of thioether (sulfide) groups is 1. The minimum atomic E-state index is 0.132. The Labute approximate surface area is 193 Å². The van der Waals surface area contributed by atoms with E-state index in [1.165, 1.54) is 25.7 Å². The van der Waals surface area contributed by atoms with Crippen LogP contribution >= 0.6 is 11.8 Å². The van der Waals surface area contributed by atoms with Gasteiger partial charge in [0, 0.05) is 42.9 Å². The van der Waals surface area contributed by atoms with Crippen LogP contribution < -0.4 is 15.4 Å². The number of fused-ring (bicyclic) bond motifs is 1. The molecular formula is C24H33N5O2S. The van der Waals surface area contributed by atoms with E-state index in [9.17, 15) is 4.79 Å². The number of nitrogens with one attached hydrogen (secondary N) is 3. The first-order chi connectivity index (χ1) is 15.7. The van der Waals surface area contributed by atoms with E-state index >= 15 is 0 Å². The fraction of sp³-hybridized carbons (Fsp3) is 0.583. The van der Waals surface area contributed by atoms with Crippen LogP contribution in [0.1, 0.15) is 44.7 Å². The lowest BCUT2D eigenvalue weighted by Crippen LogP contribution is -2.48. The van der Waals surface area contributed by atoms with Gasteiger partial charge < -0.3 is 20.4 Å². The van der Waals surface area contributed by atoms with Gasteiger partial charge in [-0.15, -0.1) is 11.8 Å². The van der Waals surface area contributed by atoms with Gasteiger partial charge in [0.2, 0.25) is 5.91 Å². The number of hydrogen-bond acceptors (Lipinski definition) is 6. The Morgan fingerprint density at radius 3 is 2.97 bits per heavy atom. The Bertz CT molecular complexity index is 998. The summed E-state index contributed by atoms with van der Waals surface area (Å²) in [6.07, 6.45) is 6.07. The summed E-state index contributed by atoms with van der Waals surface area (Å²) < 4.78 is 5.85. The van der Waals surface area contributed by atoms with Crippen LogP contribution in [0.4, 0.5) is 5.69 Å². The number of piperazine rings is 1. The number of aliphatic imine (C=N–C) groups is 1. The average Bonchev–Trinajstić information content (AvgIpc) is 3.53. The Hall–Kier alpha value is -2.19. The highest BCUT2D eigenvalue weighted by molar-refractivity contribution is 8.14. The molecule has 1 aliphatic carbocycles. The van der Waals surface area contributed by atoms with Gasteiger partial charge in [0.15, 0.2) is 0 Å². The number of benzene rings is 1. The summed E-state index contributed by atoms with van der Waals surface area (Å²) in [6, 6.07) is 7.31. The van der Waals surface area contributed by atoms with Gasteiger partial charge in [0.05, 0.1) is 36.1 Å². The lowest BCUT2D eigenvalue weighted by Gasteiger charge is -2.26. The molecule has 1 atom stereocenters. The number of amides is 1. The van der Waals surface area contributed by atoms with Crippen LogP contribution in [0.2, 0.25) is 0 Å². The number of ether oxygens (including phenoxy) is 1. The van der Waals surface area contributed by atoms with Crippen molar-refractivity contribution in [3.63, 3.8) is 0 Å². The summed E-state index contributed by atoms with van der Waals surface area (Å²) in [5, 5.41) is 8.90. The van der Waals surface area contributed by atoms with E-state index in [0.29, 0.717) is 25.2 Å². The van der Waals surface area contributed by atoms with Gasteiger partial charge in [-0.05, 0) is 38.3 Å². The molecule has 3 heterocycles. The fourth-order valence-corrected chi connectivity index (χ4v) is 5.99. The number of aromatic nitrogens is 1. The van der Waals surface area contributed by atoms with Crippen LogP contribution in [0.3, 0.4) is 0 Å². The van der Waals surface area contributed by atoms with Crippen LogP contribution in [0, 0.1) is 0 Å². The van der Waals surface area contributed by atoms with Crippen LogP contribution in [0.5, 0.6) is 5.75 Å². The van der Waals surface area contributed by atoms with Gasteiger partial charge in [0.25, 0.3) is 0 Å². The number of carbonyl (C=O) groups is 1. The third-order valence-corrected chi connectivity index (χ3v) is 7.72. The Balaban J connectivity index is 1.32. The molecule has 5 rings (SSSR count). The summed E-state index contributed by atoms with van der Waals surface area (Å²) in [5.41, 5.74) is 3.36. The van der Waals surface area contributed by atoms with Crippen LogP contribution in [-0.4, -0.2) is 71.5 Å². The zero-order valence-electron chi connectivity index (χ0n) is 18.8. The van der Waals surface area contributed by atoms with Crippen molar-refractivity contribution in [3.05, 3.63) is 23.9 Å². The highest BCUT2D eigenvalue weighted by Crippen LogP contribution is 2.34. The van der Waals surface area contributed by atoms with E-state index in [-0.39, 0.29) is 5.91 Å². The van der Waals surface area contributed by atoms with Crippen molar-refractivity contribution in [2.75, 3.05) is 43.9 Å². The maximum Gasteiger partial charge on any atom is 0.234 e. The van der Waals surface area contributed by atoms with Gasteiger partial charge >= 0.3 is 0 Å². The first kappa shape index (κ1) is 21.6. The predicted molar refractivity (Wildman–Crippen MR) is 132 cm³/mol. The van der Waals surface area contributed by atoms with Gasteiger partial charge in [-0.2, -0.15) is 0 Å². The second-order valence-corrected chi connectivity index (χ2v) is 10.00. The molecule has 1 saturated carbocycles. The van der Waals surface area contributed by atoms with Crippen molar-refractivity contribution >= 4 is 39.3 Å². The van der Waals surface area contributed by atoms with Crippen LogP contribution in [0.25, 0.3) is 10.9 Å². The molecule has 2 fully saturated rings. The van der Waals surface area contributed by atoms with E-state index in [1.54, 1.807) is 0 Å². The van der Waals surface area contributed by atoms with Gasteiger partial charge in [-0.25, -0.2) is 0 Å². The summed E-state index contributed by atoms with van der Waals surface area (Å²) in [7, 11) is 0. The summed E-state index contributed by atoms with van der Waals surface area (Å²) in [4.78, 5) is 22.5. The summed E-state index contributed by atoms with van der Waals surface area (Å²) in [6.45, 7) is 5.81. The number of hydrogen-bond donors (Lipinski definition) is 3. The maximum atomic E-state index is 11.6. The zero-order valence-corrected chi connectivity index (χ0v) is 19.6. The second-order valence-electron chi connectivity index (χ2n) is 8.99. The third-order valence-electron chi connectivity index (χ3n) is 6.57. The lowest BCUT2D eigenvalue weighted by molar-refractivity contribution is -0.124. The van der Waals surface area contributed by atoms with Gasteiger partial charge in [-0.1, -0.05) is 12.8 Å². The topological polar surface area (TPSA) is 81.8 Å². The Morgan fingerprint density at radius 2 is 2.16 bits per heavy atom. The minimum Gasteiger partial charge on any atom is -0.494 e. The molecule has 1 saturated heterocycles. The minimum absolute atomic E-state index is 0.132. The number of anilines is 1. The van der Waals surface area contributed by atoms with E-state index in [0.717, 1.165) is 64.9 Å². The maximum absolute atomic E-state index is 11.6. The van der Waals surface area contributed by atoms with Gasteiger partial charge in [0.1, 0.15) is 10.8 Å². The van der Waals surface area contributed by atoms with E-state index in [4.69, 9.17) is 9.73 Å². The molecule has 0 bridgehead atoms. The molecule has 7 nitrogen and oxygen atoms in total. The highest BCUT2D eigenvalue weighted by Gasteiger charge is 2.24. The van der Waals surface area contributed by atoms with Crippen LogP contribution in [0.15, 0.2) is 23.2 Å². The number of rotatable bonds is 8. The molecule has 0 radical (unpaired) electrons. The Morgan fingerprint density at radius 1 is 1.28 bits per heavy atom. The van der Waals surface area contributed by atoms with Crippen molar-refractivity contribution in [2.24, 2.45) is 4.99 Å². The molecule has 32 heavy (non-hydrogen) atoms. The first-order valence-electron chi connectivity index (χ1n) is 11.9. The number of nitrogens with zero attached hydrogens (tertiary/aromatic N) is 2. The standard InChI is InChI=1S/C24H33N5O2S/c1-2-31-19-11-16-12-21(28-23(16)20(13-19)26-17-5-3-4-6-17)24-27-18(15-32-24)7-9-29-10-8-25-22(30)14-29/h11-13,17-18,26,28H,2-10,14-15H2,1H3,(H,25,30). The molecule has 2 aromatic rings. The largest absolute Gasteiger partial charge is 0.494 e. The number of aromatic amines is 1. The van der Waals surface area contributed by atoms with Crippen molar-refractivity contribution in [1.29, 1.82) is 0 Å². The summed E-state index contributed by atoms with van der Waals surface area (Å²) >= 11 is 1.83. The molecular weight excluding hydrogens is 422 g/mol. The molecule has 2 aliphatic heterocycles. The molecule has 8 heteroatoms. The molecule has 1 amide bonds. The van der Waals surface area contributed by atoms with Gasteiger partial charge in [-0.3, -0.25) is 14.7 Å². The Kier molecular flexibility index (Phi) is 6.59. The highest BCUT2D eigenvalue weighted by atomic mass is 32.2. The van der Waals surface area contributed by atoms with Crippen molar-refractivity contribution in [3.8, 4) is 5.75 Å². The van der Waals surface area contributed by atoms with Crippen molar-refractivity contribution < 1.29 is 9.53 Å². The molecule has 1 aromatic carbocycles.